The van der Waals surface area contributed by atoms with Gasteiger partial charge in [0.2, 0.25) is 11.8 Å². The number of amides is 1. The van der Waals surface area contributed by atoms with Crippen molar-refractivity contribution in [3.63, 3.8) is 0 Å². The van der Waals surface area contributed by atoms with Crippen molar-refractivity contribution in [1.82, 2.24) is 15.2 Å². The zero-order valence-electron chi connectivity index (χ0n) is 16.5. The van der Waals surface area contributed by atoms with Crippen LogP contribution in [0.1, 0.15) is 12.0 Å². The highest BCUT2D eigenvalue weighted by Gasteiger charge is 2.54. The molecule has 31 heavy (non-hydrogen) atoms. The van der Waals surface area contributed by atoms with E-state index in [2.05, 4.69) is 15.2 Å². The Morgan fingerprint density at radius 2 is 2.16 bits per heavy atom. The summed E-state index contributed by atoms with van der Waals surface area (Å²) in [5.41, 5.74) is 0.796. The van der Waals surface area contributed by atoms with Gasteiger partial charge >= 0.3 is 12.1 Å². The fourth-order valence-corrected chi connectivity index (χ4v) is 3.82. The van der Waals surface area contributed by atoms with Crippen molar-refractivity contribution in [1.29, 1.82) is 0 Å². The van der Waals surface area contributed by atoms with Gasteiger partial charge in [0.05, 0.1) is 24.5 Å². The molecule has 2 aliphatic heterocycles. The molecule has 0 aliphatic carbocycles. The number of likely N-dealkylation sites (tertiary alicyclic amines) is 1. The van der Waals surface area contributed by atoms with Gasteiger partial charge in [0, 0.05) is 43.4 Å². The van der Waals surface area contributed by atoms with Gasteiger partial charge in [-0.2, -0.15) is 13.2 Å². The third kappa shape index (κ3) is 5.54. The Balaban J connectivity index is 0.000000339. The smallest absolute Gasteiger partial charge is 0.477 e. The van der Waals surface area contributed by atoms with E-state index >= 15 is 0 Å². The molecule has 2 N–H and O–H groups in total. The van der Waals surface area contributed by atoms with Gasteiger partial charge in [-0.05, 0) is 25.1 Å². The van der Waals surface area contributed by atoms with Crippen LogP contribution in [0.2, 0.25) is 0 Å². The number of rotatable bonds is 5. The van der Waals surface area contributed by atoms with Gasteiger partial charge in [0.25, 0.3) is 0 Å². The van der Waals surface area contributed by atoms with Gasteiger partial charge < -0.3 is 19.6 Å². The third-order valence-corrected chi connectivity index (χ3v) is 5.42. The van der Waals surface area contributed by atoms with E-state index < -0.39 is 12.1 Å². The Hall–Kier alpha value is -3.08. The minimum atomic E-state index is -5.08. The van der Waals surface area contributed by atoms with Gasteiger partial charge in [-0.3, -0.25) is 9.69 Å². The molecule has 2 aliphatic rings. The molecule has 0 saturated carbocycles. The van der Waals surface area contributed by atoms with Gasteiger partial charge in [0.1, 0.15) is 0 Å². The van der Waals surface area contributed by atoms with Gasteiger partial charge in [0.15, 0.2) is 0 Å². The number of aromatic nitrogens is 1. The van der Waals surface area contributed by atoms with Crippen LogP contribution < -0.4 is 10.1 Å². The van der Waals surface area contributed by atoms with Crippen LogP contribution in [-0.4, -0.2) is 59.3 Å². The molecule has 4 rings (SSSR count). The fourth-order valence-electron chi connectivity index (χ4n) is 3.82. The second-order valence-electron chi connectivity index (χ2n) is 7.44. The number of carbonyl (C=O) groups is 2. The van der Waals surface area contributed by atoms with E-state index in [1.54, 1.807) is 18.7 Å². The van der Waals surface area contributed by atoms with Crippen LogP contribution in [-0.2, 0) is 16.1 Å². The molecular formula is C20H22F3N3O5. The summed E-state index contributed by atoms with van der Waals surface area (Å²) in [5, 5.41) is 10.2. The van der Waals surface area contributed by atoms with Crippen LogP contribution >= 0.6 is 0 Å². The lowest BCUT2D eigenvalue weighted by Gasteiger charge is -2.28. The molecule has 0 aromatic carbocycles. The van der Waals surface area contributed by atoms with Crippen molar-refractivity contribution in [2.45, 2.75) is 19.1 Å². The van der Waals surface area contributed by atoms with E-state index in [9.17, 15) is 18.0 Å². The summed E-state index contributed by atoms with van der Waals surface area (Å²) < 4.78 is 42.7. The topological polar surface area (TPSA) is 105 Å². The van der Waals surface area contributed by atoms with Crippen LogP contribution in [0.4, 0.5) is 13.2 Å². The number of halogens is 3. The van der Waals surface area contributed by atoms with Crippen molar-refractivity contribution in [3.05, 3.63) is 48.6 Å². The summed E-state index contributed by atoms with van der Waals surface area (Å²) in [7, 11) is 0. The number of ether oxygens (including phenoxy) is 1. The minimum absolute atomic E-state index is 0.159. The Labute approximate surface area is 176 Å². The highest BCUT2D eigenvalue weighted by atomic mass is 19.4. The van der Waals surface area contributed by atoms with E-state index in [1.807, 2.05) is 24.3 Å². The average Bonchev–Trinajstić information content (AvgIpc) is 3.45. The zero-order chi connectivity index (χ0) is 22.5. The van der Waals surface area contributed by atoms with Crippen LogP contribution in [0.5, 0.6) is 5.88 Å². The maximum atomic E-state index is 12.5. The van der Waals surface area contributed by atoms with Crippen molar-refractivity contribution in [2.75, 3.05) is 26.2 Å². The summed E-state index contributed by atoms with van der Waals surface area (Å²) in [5.74, 6) is -1.82. The molecule has 1 amide bonds. The predicted molar refractivity (Wildman–Crippen MR) is 101 cm³/mol. The number of carbonyl (C=O) groups excluding carboxylic acids is 1. The Bertz CT molecular complexity index is 876. The van der Waals surface area contributed by atoms with E-state index in [1.165, 1.54) is 0 Å². The second-order valence-corrected chi connectivity index (χ2v) is 7.44. The first-order valence-electron chi connectivity index (χ1n) is 9.56. The third-order valence-electron chi connectivity index (χ3n) is 5.42. The molecule has 8 nitrogen and oxygen atoms in total. The SMILES string of the molecule is O=C(O)C(F)(F)F.O=C1NC[C@H](COc2ccccn2)[C@]12CCN(Cc1ccoc1)C2. The zero-order valence-corrected chi connectivity index (χ0v) is 16.5. The molecule has 2 aromatic heterocycles. The summed E-state index contributed by atoms with van der Waals surface area (Å²) >= 11 is 0. The molecule has 2 fully saturated rings. The van der Waals surface area contributed by atoms with Gasteiger partial charge in [-0.15, -0.1) is 0 Å². The Kier molecular flexibility index (Phi) is 6.84. The molecule has 1 spiro atoms. The number of aliphatic carboxylic acids is 1. The maximum Gasteiger partial charge on any atom is 0.490 e. The average molecular weight is 441 g/mol. The lowest BCUT2D eigenvalue weighted by molar-refractivity contribution is -0.192. The first kappa shape index (κ1) is 22.6. The van der Waals surface area contributed by atoms with Crippen molar-refractivity contribution < 1.29 is 37.0 Å². The number of carboxylic acids is 1. The second kappa shape index (κ2) is 9.38. The van der Waals surface area contributed by atoms with Crippen LogP contribution in [0.3, 0.4) is 0 Å². The number of carboxylic acid groups (broad SMARTS) is 1. The summed E-state index contributed by atoms with van der Waals surface area (Å²) in [6.45, 7) is 3.68. The van der Waals surface area contributed by atoms with E-state index in [-0.39, 0.29) is 17.2 Å². The Morgan fingerprint density at radius 1 is 1.39 bits per heavy atom. The molecule has 4 heterocycles. The molecule has 2 saturated heterocycles. The molecular weight excluding hydrogens is 419 g/mol. The number of nitrogens with zero attached hydrogens (tertiary/aromatic N) is 2. The standard InChI is InChI=1S/C18H21N3O3.C2HF3O2/c22-17-18(5-7-21(13-18)10-14-4-8-23-11-14)15(9-20-17)12-24-16-3-1-2-6-19-16;3-2(4,5)1(6)7/h1-4,6,8,11,15H,5,7,9-10,12-13H2,(H,20,22);(H,6,7)/t15-,18-;/m1./s1. The number of pyridine rings is 1. The summed E-state index contributed by atoms with van der Waals surface area (Å²) in [6.07, 6.45) is 0.951. The Morgan fingerprint density at radius 3 is 2.77 bits per heavy atom. The van der Waals surface area contributed by atoms with E-state index in [0.717, 1.165) is 31.6 Å². The number of alkyl halides is 3. The van der Waals surface area contributed by atoms with Crippen molar-refractivity contribution >= 4 is 11.9 Å². The molecule has 168 valence electrons. The van der Waals surface area contributed by atoms with Crippen LogP contribution in [0, 0.1) is 11.3 Å². The van der Waals surface area contributed by atoms with Gasteiger partial charge in [-0.25, -0.2) is 9.78 Å². The summed E-state index contributed by atoms with van der Waals surface area (Å²) in [6, 6.07) is 7.58. The maximum absolute atomic E-state index is 12.5. The normalized spacial score (nSPS) is 23.3. The number of furan rings is 1. The molecule has 0 radical (unpaired) electrons. The highest BCUT2D eigenvalue weighted by molar-refractivity contribution is 5.86. The van der Waals surface area contributed by atoms with Crippen LogP contribution in [0.25, 0.3) is 0 Å². The van der Waals surface area contributed by atoms with Gasteiger partial charge in [-0.1, -0.05) is 6.07 Å². The predicted octanol–water partition coefficient (Wildman–Crippen LogP) is 2.33. The lowest BCUT2D eigenvalue weighted by atomic mass is 9.77. The molecule has 0 unspecified atom stereocenters. The highest BCUT2D eigenvalue weighted by Crippen LogP contribution is 2.42. The lowest BCUT2D eigenvalue weighted by Crippen LogP contribution is -2.40. The molecule has 11 heteroatoms. The number of nitrogens with one attached hydrogen (secondary N) is 1. The van der Waals surface area contributed by atoms with E-state index in [4.69, 9.17) is 19.1 Å². The first-order valence-corrected chi connectivity index (χ1v) is 9.56. The quantitative estimate of drug-likeness (QED) is 0.734. The van der Waals surface area contributed by atoms with Crippen molar-refractivity contribution in [2.24, 2.45) is 11.3 Å². The first-order chi connectivity index (χ1) is 14.7. The molecule has 2 aromatic rings. The monoisotopic (exact) mass is 441 g/mol. The van der Waals surface area contributed by atoms with Crippen molar-refractivity contribution in [3.8, 4) is 5.88 Å². The number of hydrogen-bond acceptors (Lipinski definition) is 6. The summed E-state index contributed by atoms with van der Waals surface area (Å²) in [4.78, 5) is 27.9. The molecule has 2 atom stereocenters. The minimum Gasteiger partial charge on any atom is -0.477 e. The number of hydrogen-bond donors (Lipinski definition) is 2. The molecule has 0 bridgehead atoms. The largest absolute Gasteiger partial charge is 0.490 e. The fraction of sp³-hybridized carbons (Fsp3) is 0.450. The van der Waals surface area contributed by atoms with Crippen LogP contribution in [0.15, 0.2) is 47.4 Å². The van der Waals surface area contributed by atoms with E-state index in [0.29, 0.717) is 19.0 Å².